The lowest BCUT2D eigenvalue weighted by Gasteiger charge is -2.08. The highest BCUT2D eigenvalue weighted by atomic mass is 32.2. The Kier molecular flexibility index (Phi) is 13.8. The molecule has 1 rings (SSSR count). The molecule has 0 atom stereocenters. The average Bonchev–Trinajstić information content (AvgIpc) is 2.60. The molecule has 0 aromatic heterocycles. The van der Waals surface area contributed by atoms with Crippen LogP contribution < -0.4 is 10.5 Å². The highest BCUT2D eigenvalue weighted by molar-refractivity contribution is 7.97. The molecule has 0 fully saturated rings. The van der Waals surface area contributed by atoms with Crippen molar-refractivity contribution in [2.24, 2.45) is 0 Å². The summed E-state index contributed by atoms with van der Waals surface area (Å²) in [4.78, 5) is 1.12. The molecular weight excluding hydrogens is 332 g/mol. The molecule has 0 aliphatic rings. The molecule has 1 aromatic rings. The van der Waals surface area contributed by atoms with Crippen LogP contribution in [0.1, 0.15) is 0 Å². The Bertz CT molecular complexity index is 395. The Hall–Kier alpha value is -0.870. The number of benzene rings is 1. The summed E-state index contributed by atoms with van der Waals surface area (Å²) < 4.78 is 24.4. The molecule has 0 saturated heterocycles. The lowest BCUT2D eigenvalue weighted by molar-refractivity contribution is -0.00494. The zero-order chi connectivity index (χ0) is 17.3. The number of nitrogens with one attached hydrogen (secondary N) is 1. The van der Waals surface area contributed by atoms with Crippen LogP contribution in [0, 0.1) is 0 Å². The second-order valence-corrected chi connectivity index (χ2v) is 5.70. The fraction of sp³-hybridized carbons (Fsp3) is 0.625. The number of nitrogens with two attached hydrogens (primary N) is 1. The van der Waals surface area contributed by atoms with Crippen LogP contribution in [0.3, 0.4) is 0 Å². The number of anilines is 1. The summed E-state index contributed by atoms with van der Waals surface area (Å²) in [5, 5.41) is 8.51. The van der Waals surface area contributed by atoms with E-state index < -0.39 is 0 Å². The van der Waals surface area contributed by atoms with Gasteiger partial charge in [-0.05, 0) is 36.2 Å². The first kappa shape index (κ1) is 21.2. The highest BCUT2D eigenvalue weighted by Crippen LogP contribution is 2.15. The van der Waals surface area contributed by atoms with Gasteiger partial charge in [0.05, 0.1) is 59.5 Å². The lowest BCUT2D eigenvalue weighted by atomic mass is 10.3. The number of aliphatic hydroxyl groups excluding tert-OH is 1. The highest BCUT2D eigenvalue weighted by Gasteiger charge is 1.95. The van der Waals surface area contributed by atoms with Crippen molar-refractivity contribution in [1.82, 2.24) is 4.72 Å². The molecule has 0 unspecified atom stereocenters. The minimum absolute atomic E-state index is 0.0404. The summed E-state index contributed by atoms with van der Waals surface area (Å²) in [5.41, 5.74) is 6.40. The van der Waals surface area contributed by atoms with Gasteiger partial charge in [-0.2, -0.15) is 0 Å². The van der Waals surface area contributed by atoms with E-state index in [2.05, 4.69) is 4.72 Å². The molecule has 0 aliphatic carbocycles. The smallest absolute Gasteiger partial charge is 0.0701 e. The number of hydrogen-bond acceptors (Lipinski definition) is 8. The Labute approximate surface area is 147 Å². The van der Waals surface area contributed by atoms with Gasteiger partial charge < -0.3 is 29.8 Å². The Morgan fingerprint density at radius 2 is 1.29 bits per heavy atom. The van der Waals surface area contributed by atoms with Crippen molar-refractivity contribution in [2.45, 2.75) is 4.90 Å². The van der Waals surface area contributed by atoms with Gasteiger partial charge in [0.1, 0.15) is 0 Å². The van der Waals surface area contributed by atoms with Gasteiger partial charge in [0, 0.05) is 17.1 Å². The molecule has 4 N–H and O–H groups in total. The number of ether oxygens (including phenoxy) is 4. The molecule has 0 heterocycles. The molecule has 0 aliphatic heterocycles. The molecule has 0 bridgehead atoms. The summed E-state index contributed by atoms with van der Waals surface area (Å²) in [6.45, 7) is 4.96. The van der Waals surface area contributed by atoms with Crippen LogP contribution in [0.25, 0.3) is 0 Å². The number of aliphatic hydroxyl groups is 1. The maximum Gasteiger partial charge on any atom is 0.0701 e. The van der Waals surface area contributed by atoms with Gasteiger partial charge in [-0.3, -0.25) is 4.72 Å². The van der Waals surface area contributed by atoms with Crippen LogP contribution in [0.4, 0.5) is 5.69 Å². The Morgan fingerprint density at radius 1 is 0.792 bits per heavy atom. The first-order chi connectivity index (χ1) is 11.8. The average molecular weight is 360 g/mol. The second kappa shape index (κ2) is 15.6. The van der Waals surface area contributed by atoms with Gasteiger partial charge in [-0.1, -0.05) is 0 Å². The SMILES string of the molecule is Nc1ccc(SNCCOCCOCCOCCOCCO)cc1. The van der Waals surface area contributed by atoms with E-state index in [9.17, 15) is 0 Å². The topological polar surface area (TPSA) is 95.2 Å². The fourth-order valence-electron chi connectivity index (χ4n) is 1.61. The first-order valence-corrected chi connectivity index (χ1v) is 8.81. The van der Waals surface area contributed by atoms with Crippen molar-refractivity contribution in [3.63, 3.8) is 0 Å². The molecule has 24 heavy (non-hydrogen) atoms. The van der Waals surface area contributed by atoms with Gasteiger partial charge >= 0.3 is 0 Å². The molecule has 0 saturated carbocycles. The van der Waals surface area contributed by atoms with Crippen molar-refractivity contribution in [1.29, 1.82) is 0 Å². The third-order valence-electron chi connectivity index (χ3n) is 2.77. The van der Waals surface area contributed by atoms with E-state index >= 15 is 0 Å². The second-order valence-electron chi connectivity index (χ2n) is 4.74. The lowest BCUT2D eigenvalue weighted by Crippen LogP contribution is -2.16. The van der Waals surface area contributed by atoms with Crippen LogP contribution in [-0.2, 0) is 18.9 Å². The van der Waals surface area contributed by atoms with E-state index in [0.29, 0.717) is 52.9 Å². The van der Waals surface area contributed by atoms with Crippen LogP contribution in [-0.4, -0.2) is 71.1 Å². The minimum Gasteiger partial charge on any atom is -0.399 e. The minimum atomic E-state index is 0.0404. The van der Waals surface area contributed by atoms with Gasteiger partial charge in [-0.25, -0.2) is 0 Å². The third kappa shape index (κ3) is 12.5. The standard InChI is InChI=1S/C16H28N2O5S/c17-15-1-3-16(4-2-15)24-18-5-7-20-9-11-22-13-14-23-12-10-21-8-6-19/h1-4,18-19H,5-14,17H2. The summed E-state index contributed by atoms with van der Waals surface area (Å²) in [5.74, 6) is 0. The summed E-state index contributed by atoms with van der Waals surface area (Å²) in [6, 6.07) is 7.71. The zero-order valence-electron chi connectivity index (χ0n) is 13.9. The molecule has 1 aromatic carbocycles. The number of hydrogen-bond donors (Lipinski definition) is 3. The van der Waals surface area contributed by atoms with Crippen LogP contribution in [0.15, 0.2) is 29.2 Å². The summed E-state index contributed by atoms with van der Waals surface area (Å²) in [7, 11) is 0. The molecular formula is C16H28N2O5S. The molecule has 8 heteroatoms. The summed E-state index contributed by atoms with van der Waals surface area (Å²) >= 11 is 1.56. The van der Waals surface area contributed by atoms with E-state index in [4.69, 9.17) is 29.8 Å². The van der Waals surface area contributed by atoms with E-state index in [-0.39, 0.29) is 6.61 Å². The van der Waals surface area contributed by atoms with E-state index in [1.807, 2.05) is 24.3 Å². The first-order valence-electron chi connectivity index (χ1n) is 8.00. The van der Waals surface area contributed by atoms with E-state index in [0.717, 1.165) is 17.1 Å². The van der Waals surface area contributed by atoms with Crippen molar-refractivity contribution in [3.8, 4) is 0 Å². The predicted molar refractivity (Wildman–Crippen MR) is 95.1 cm³/mol. The van der Waals surface area contributed by atoms with E-state index in [1.54, 1.807) is 11.9 Å². The molecule has 0 spiro atoms. The normalized spacial score (nSPS) is 11.0. The van der Waals surface area contributed by atoms with Gasteiger partial charge in [0.15, 0.2) is 0 Å². The third-order valence-corrected chi connectivity index (χ3v) is 3.63. The maximum absolute atomic E-state index is 8.51. The summed E-state index contributed by atoms with van der Waals surface area (Å²) in [6.07, 6.45) is 0. The number of nitrogen functional groups attached to an aromatic ring is 1. The fourth-order valence-corrected chi connectivity index (χ4v) is 2.23. The molecule has 0 radical (unpaired) electrons. The van der Waals surface area contributed by atoms with Crippen molar-refractivity contribution in [2.75, 3.05) is 71.7 Å². The molecule has 138 valence electrons. The maximum atomic E-state index is 8.51. The Morgan fingerprint density at radius 3 is 1.83 bits per heavy atom. The van der Waals surface area contributed by atoms with Crippen LogP contribution in [0.5, 0.6) is 0 Å². The molecule has 0 amide bonds. The van der Waals surface area contributed by atoms with Crippen LogP contribution in [0.2, 0.25) is 0 Å². The number of rotatable bonds is 16. The van der Waals surface area contributed by atoms with Crippen molar-refractivity contribution >= 4 is 17.6 Å². The zero-order valence-corrected chi connectivity index (χ0v) is 14.8. The van der Waals surface area contributed by atoms with Crippen molar-refractivity contribution < 1.29 is 24.1 Å². The largest absolute Gasteiger partial charge is 0.399 e. The quantitative estimate of drug-likeness (QED) is 0.228. The predicted octanol–water partition coefficient (Wildman–Crippen LogP) is 0.924. The van der Waals surface area contributed by atoms with Gasteiger partial charge in [0.25, 0.3) is 0 Å². The van der Waals surface area contributed by atoms with Gasteiger partial charge in [-0.15, -0.1) is 0 Å². The van der Waals surface area contributed by atoms with E-state index in [1.165, 1.54) is 0 Å². The molecule has 7 nitrogen and oxygen atoms in total. The van der Waals surface area contributed by atoms with Crippen LogP contribution >= 0.6 is 11.9 Å². The van der Waals surface area contributed by atoms with Crippen molar-refractivity contribution in [3.05, 3.63) is 24.3 Å². The van der Waals surface area contributed by atoms with Gasteiger partial charge in [0.2, 0.25) is 0 Å². The monoisotopic (exact) mass is 360 g/mol. The Balaban J connectivity index is 1.75.